The summed E-state index contributed by atoms with van der Waals surface area (Å²) < 4.78 is 5.32. The van der Waals surface area contributed by atoms with Crippen molar-refractivity contribution in [2.24, 2.45) is 16.1 Å². The molecule has 6 nitrogen and oxygen atoms in total. The molecule has 0 radical (unpaired) electrons. The van der Waals surface area contributed by atoms with Crippen LogP contribution in [0, 0.1) is 5.92 Å². The molecule has 4 rings (SSSR count). The molecule has 21 heavy (non-hydrogen) atoms. The van der Waals surface area contributed by atoms with E-state index in [2.05, 4.69) is 15.5 Å². The lowest BCUT2D eigenvalue weighted by Gasteiger charge is -2.29. The maximum Gasteiger partial charge on any atom is 0.272 e. The maximum absolute atomic E-state index is 12.4. The topological polar surface area (TPSA) is 83.3 Å². The third-order valence-electron chi connectivity index (χ3n) is 4.56. The Bertz CT molecular complexity index is 624. The first-order valence-electron chi connectivity index (χ1n) is 7.38. The molecule has 0 aromatic carbocycles. The normalized spacial score (nSPS) is 24.9. The van der Waals surface area contributed by atoms with Crippen LogP contribution in [-0.4, -0.2) is 36.9 Å². The largest absolute Gasteiger partial charge is 0.394 e. The van der Waals surface area contributed by atoms with E-state index in [0.717, 1.165) is 30.5 Å². The van der Waals surface area contributed by atoms with Crippen LogP contribution in [0.5, 0.6) is 0 Å². The minimum atomic E-state index is -0.245. The molecule has 2 aliphatic carbocycles. The van der Waals surface area contributed by atoms with Gasteiger partial charge in [0.1, 0.15) is 0 Å². The molecule has 0 spiro atoms. The van der Waals surface area contributed by atoms with E-state index in [1.807, 2.05) is 6.08 Å². The number of fused-ring (bicyclic) bond motifs is 2. The van der Waals surface area contributed by atoms with E-state index in [1.165, 1.54) is 11.1 Å². The van der Waals surface area contributed by atoms with Crippen molar-refractivity contribution in [2.75, 3.05) is 19.8 Å². The summed E-state index contributed by atoms with van der Waals surface area (Å²) >= 11 is 0. The summed E-state index contributed by atoms with van der Waals surface area (Å²) in [4.78, 5) is 12.4. The van der Waals surface area contributed by atoms with E-state index in [4.69, 9.17) is 4.74 Å². The first-order chi connectivity index (χ1) is 10.3. The van der Waals surface area contributed by atoms with E-state index in [-0.39, 0.29) is 24.5 Å². The van der Waals surface area contributed by atoms with Gasteiger partial charge in [0, 0.05) is 25.2 Å². The van der Waals surface area contributed by atoms with Crippen molar-refractivity contribution >= 4 is 5.91 Å². The molecule has 0 aromatic heterocycles. The highest BCUT2D eigenvalue weighted by Crippen LogP contribution is 2.51. The lowest BCUT2D eigenvalue weighted by Crippen LogP contribution is -2.45. The number of aliphatic hydroxyl groups excluding tert-OH is 1. The Morgan fingerprint density at radius 3 is 3.00 bits per heavy atom. The van der Waals surface area contributed by atoms with Crippen LogP contribution >= 0.6 is 0 Å². The summed E-state index contributed by atoms with van der Waals surface area (Å²) in [5.41, 5.74) is 4.57. The van der Waals surface area contributed by atoms with Crippen molar-refractivity contribution in [3.8, 4) is 0 Å². The highest BCUT2D eigenvalue weighted by molar-refractivity contribution is 5.97. The number of rotatable bonds is 4. The van der Waals surface area contributed by atoms with Crippen molar-refractivity contribution in [1.29, 1.82) is 0 Å². The number of nitrogens with one attached hydrogen (secondary N) is 1. The fourth-order valence-corrected chi connectivity index (χ4v) is 3.21. The molecule has 1 saturated heterocycles. The minimum absolute atomic E-state index is 0.0643. The van der Waals surface area contributed by atoms with Crippen molar-refractivity contribution in [2.45, 2.75) is 25.3 Å². The molecule has 1 unspecified atom stereocenters. The highest BCUT2D eigenvalue weighted by Gasteiger charge is 2.38. The minimum Gasteiger partial charge on any atom is -0.394 e. The highest BCUT2D eigenvalue weighted by atomic mass is 16.5. The van der Waals surface area contributed by atoms with Crippen LogP contribution in [0.2, 0.25) is 0 Å². The van der Waals surface area contributed by atoms with Crippen molar-refractivity contribution in [3.05, 3.63) is 34.2 Å². The predicted molar refractivity (Wildman–Crippen MR) is 74.2 cm³/mol. The number of carbonyl (C=O) groups excluding carboxylic acids is 1. The molecule has 0 aromatic rings. The van der Waals surface area contributed by atoms with Crippen LogP contribution in [0.3, 0.4) is 0 Å². The smallest absolute Gasteiger partial charge is 0.272 e. The molecule has 0 bridgehead atoms. The Hall–Kier alpha value is -1.79. The van der Waals surface area contributed by atoms with E-state index in [1.54, 1.807) is 0 Å². The Morgan fingerprint density at radius 1 is 1.43 bits per heavy atom. The lowest BCUT2D eigenvalue weighted by atomic mass is 9.92. The summed E-state index contributed by atoms with van der Waals surface area (Å²) in [7, 11) is 0. The summed E-state index contributed by atoms with van der Waals surface area (Å²) in [6.45, 7) is 1.31. The van der Waals surface area contributed by atoms with Crippen molar-refractivity contribution in [3.63, 3.8) is 0 Å². The average Bonchev–Trinajstić information content (AvgIpc) is 3.00. The van der Waals surface area contributed by atoms with Gasteiger partial charge in [-0.2, -0.15) is 0 Å². The van der Waals surface area contributed by atoms with E-state index in [0.29, 0.717) is 18.9 Å². The molecule has 2 fully saturated rings. The second-order valence-electron chi connectivity index (χ2n) is 5.85. The van der Waals surface area contributed by atoms with Crippen molar-refractivity contribution < 1.29 is 14.6 Å². The summed E-state index contributed by atoms with van der Waals surface area (Å²) in [6.07, 6.45) is 4.70. The molecular formula is C15H17N3O3. The van der Waals surface area contributed by atoms with Crippen LogP contribution < -0.4 is 5.32 Å². The molecule has 2 aliphatic heterocycles. The Balaban J connectivity index is 1.48. The molecule has 2 heterocycles. The van der Waals surface area contributed by atoms with Crippen LogP contribution in [0.1, 0.15) is 19.3 Å². The van der Waals surface area contributed by atoms with Gasteiger partial charge in [-0.15, -0.1) is 10.2 Å². The van der Waals surface area contributed by atoms with Crippen LogP contribution in [0.15, 0.2) is 44.4 Å². The van der Waals surface area contributed by atoms with Crippen LogP contribution in [0.25, 0.3) is 0 Å². The first kappa shape index (κ1) is 12.9. The summed E-state index contributed by atoms with van der Waals surface area (Å²) in [6, 6.07) is -0.245. The number of azo groups is 1. The molecule has 1 saturated carbocycles. The van der Waals surface area contributed by atoms with Gasteiger partial charge in [-0.25, -0.2) is 0 Å². The summed E-state index contributed by atoms with van der Waals surface area (Å²) in [5, 5.41) is 20.6. The average molecular weight is 287 g/mol. The van der Waals surface area contributed by atoms with Gasteiger partial charge >= 0.3 is 0 Å². The zero-order chi connectivity index (χ0) is 14.4. The molecular weight excluding hydrogens is 270 g/mol. The maximum atomic E-state index is 12.4. The van der Waals surface area contributed by atoms with Gasteiger partial charge in [-0.1, -0.05) is 0 Å². The fraction of sp³-hybridized carbons (Fsp3) is 0.533. The zero-order valence-electron chi connectivity index (χ0n) is 11.6. The van der Waals surface area contributed by atoms with Gasteiger partial charge < -0.3 is 15.2 Å². The number of nitrogens with zero attached hydrogens (tertiary/aromatic N) is 2. The van der Waals surface area contributed by atoms with Gasteiger partial charge in [-0.3, -0.25) is 4.79 Å². The third-order valence-corrected chi connectivity index (χ3v) is 4.56. The number of aliphatic hydroxyl groups is 1. The van der Waals surface area contributed by atoms with E-state index < -0.39 is 0 Å². The molecule has 2 N–H and O–H groups in total. The van der Waals surface area contributed by atoms with Gasteiger partial charge in [0.25, 0.3) is 5.91 Å². The van der Waals surface area contributed by atoms with Crippen LogP contribution in [-0.2, 0) is 9.53 Å². The molecule has 6 heteroatoms. The number of hydrogen-bond acceptors (Lipinski definition) is 5. The number of hydrogen-bond donors (Lipinski definition) is 2. The molecule has 1 atom stereocenters. The number of allylic oxidation sites excluding steroid dienone is 3. The van der Waals surface area contributed by atoms with Crippen molar-refractivity contribution in [1.82, 2.24) is 5.32 Å². The Kier molecular flexibility index (Phi) is 3.01. The molecule has 1 amide bonds. The quantitative estimate of drug-likeness (QED) is 0.815. The third kappa shape index (κ3) is 2.15. The van der Waals surface area contributed by atoms with E-state index >= 15 is 0 Å². The molecule has 110 valence electrons. The predicted octanol–water partition coefficient (Wildman–Crippen LogP) is 1.21. The lowest BCUT2D eigenvalue weighted by molar-refractivity contribution is -0.119. The van der Waals surface area contributed by atoms with Gasteiger partial charge in [0.15, 0.2) is 5.70 Å². The summed E-state index contributed by atoms with van der Waals surface area (Å²) in [5.74, 6) is 0.0119. The first-order valence-corrected chi connectivity index (χ1v) is 7.38. The second kappa shape index (κ2) is 4.89. The van der Waals surface area contributed by atoms with E-state index in [9.17, 15) is 9.90 Å². The zero-order valence-corrected chi connectivity index (χ0v) is 11.6. The van der Waals surface area contributed by atoms with Crippen LogP contribution in [0.4, 0.5) is 0 Å². The Morgan fingerprint density at radius 2 is 2.24 bits per heavy atom. The number of carbonyl (C=O) groups is 1. The van der Waals surface area contributed by atoms with Gasteiger partial charge in [0.2, 0.25) is 0 Å². The SMILES string of the molecule is O=C(NC(CO)C1CCOCC1)C1=C2C=C3CC3=C2N=N1. The monoisotopic (exact) mass is 287 g/mol. The second-order valence-corrected chi connectivity index (χ2v) is 5.85. The fourth-order valence-electron chi connectivity index (χ4n) is 3.21. The Labute approximate surface area is 122 Å². The standard InChI is InChI=1S/C15H17N3O3/c19-7-12(8-1-3-21-4-2-8)16-15(20)14-11-6-9-5-10(9)13(11)17-18-14/h6,8,12,19H,1-5,7H2,(H,16,20). The number of ether oxygens (including phenoxy) is 1. The van der Waals surface area contributed by atoms with Gasteiger partial charge in [-0.05, 0) is 36.0 Å². The molecule has 4 aliphatic rings. The van der Waals surface area contributed by atoms with Gasteiger partial charge in [0.05, 0.1) is 18.3 Å². The number of amides is 1.